The Labute approximate surface area is 86.3 Å². The summed E-state index contributed by atoms with van der Waals surface area (Å²) >= 11 is 0. The molecule has 4 nitrogen and oxygen atoms in total. The van der Waals surface area contributed by atoms with E-state index in [1.807, 2.05) is 20.8 Å². The fraction of sp³-hybridized carbons (Fsp3) is 0.900. The predicted molar refractivity (Wildman–Crippen MR) is 57.1 cm³/mol. The summed E-state index contributed by atoms with van der Waals surface area (Å²) in [5.74, 6) is 0.0935. The van der Waals surface area contributed by atoms with E-state index in [9.17, 15) is 4.79 Å². The molecular formula is C10H22N2O2. The van der Waals surface area contributed by atoms with Gasteiger partial charge in [0.05, 0.1) is 6.04 Å². The molecule has 4 heteroatoms. The number of aliphatic hydroxyl groups is 1. The Kier molecular flexibility index (Phi) is 6.49. The van der Waals surface area contributed by atoms with Gasteiger partial charge in [0.1, 0.15) is 0 Å². The maximum atomic E-state index is 11.8. The summed E-state index contributed by atoms with van der Waals surface area (Å²) < 4.78 is 0. The second-order valence-corrected chi connectivity index (χ2v) is 3.71. The van der Waals surface area contributed by atoms with Crippen LogP contribution < -0.4 is 5.32 Å². The minimum atomic E-state index is -0.156. The van der Waals surface area contributed by atoms with Crippen LogP contribution in [-0.2, 0) is 4.79 Å². The third kappa shape index (κ3) is 4.07. The topological polar surface area (TPSA) is 52.6 Å². The lowest BCUT2D eigenvalue weighted by Gasteiger charge is -2.29. The predicted octanol–water partition coefficient (Wildman–Crippen LogP) is 0.214. The number of rotatable bonds is 6. The van der Waals surface area contributed by atoms with Crippen LogP contribution in [-0.4, -0.2) is 48.2 Å². The van der Waals surface area contributed by atoms with E-state index in [1.54, 1.807) is 11.9 Å². The van der Waals surface area contributed by atoms with Crippen LogP contribution in [0.2, 0.25) is 0 Å². The Bertz CT molecular complexity index is 172. The number of nitrogens with zero attached hydrogens (tertiary/aromatic N) is 1. The van der Waals surface area contributed by atoms with Crippen LogP contribution >= 0.6 is 0 Å². The van der Waals surface area contributed by atoms with Gasteiger partial charge in [-0.05, 0) is 34.2 Å². The molecule has 0 bridgehead atoms. The summed E-state index contributed by atoms with van der Waals surface area (Å²) in [7, 11) is 1.77. The second kappa shape index (κ2) is 6.79. The van der Waals surface area contributed by atoms with Crippen molar-refractivity contribution in [1.82, 2.24) is 10.2 Å². The van der Waals surface area contributed by atoms with Gasteiger partial charge in [0.15, 0.2) is 0 Å². The van der Waals surface area contributed by atoms with Crippen LogP contribution in [0.1, 0.15) is 27.2 Å². The molecule has 0 aliphatic carbocycles. The first kappa shape index (κ1) is 13.4. The lowest BCUT2D eigenvalue weighted by atomic mass is 10.2. The molecular weight excluding hydrogens is 180 g/mol. The zero-order valence-electron chi connectivity index (χ0n) is 9.58. The van der Waals surface area contributed by atoms with Crippen molar-refractivity contribution in [3.8, 4) is 0 Å². The molecule has 0 aliphatic heterocycles. The maximum absolute atomic E-state index is 11.8. The van der Waals surface area contributed by atoms with E-state index in [-0.39, 0.29) is 24.6 Å². The third-order valence-electron chi connectivity index (χ3n) is 2.27. The number of likely N-dealkylation sites (N-methyl/N-ethyl adjacent to an activating group) is 1. The van der Waals surface area contributed by atoms with Crippen LogP contribution in [0.15, 0.2) is 0 Å². The molecule has 1 amide bonds. The minimum Gasteiger partial charge on any atom is -0.396 e. The largest absolute Gasteiger partial charge is 0.396 e. The van der Waals surface area contributed by atoms with Crippen molar-refractivity contribution >= 4 is 5.91 Å². The fourth-order valence-corrected chi connectivity index (χ4v) is 1.24. The van der Waals surface area contributed by atoms with Gasteiger partial charge in [0.2, 0.25) is 5.91 Å². The zero-order chi connectivity index (χ0) is 11.1. The molecule has 0 heterocycles. The molecule has 0 saturated heterocycles. The number of amides is 1. The highest BCUT2D eigenvalue weighted by atomic mass is 16.3. The van der Waals surface area contributed by atoms with E-state index in [0.717, 1.165) is 0 Å². The summed E-state index contributed by atoms with van der Waals surface area (Å²) in [4.78, 5) is 13.6. The molecule has 0 radical (unpaired) electrons. The average Bonchev–Trinajstić information content (AvgIpc) is 2.16. The first-order valence-electron chi connectivity index (χ1n) is 5.13. The van der Waals surface area contributed by atoms with Gasteiger partial charge in [-0.25, -0.2) is 0 Å². The molecule has 1 unspecified atom stereocenters. The minimum absolute atomic E-state index is 0.0935. The summed E-state index contributed by atoms with van der Waals surface area (Å²) in [5.41, 5.74) is 0. The molecule has 0 saturated carbocycles. The summed E-state index contributed by atoms with van der Waals surface area (Å²) in [6, 6.07) is 0.0287. The number of hydrogen-bond donors (Lipinski definition) is 2. The van der Waals surface area contributed by atoms with Crippen LogP contribution in [0.4, 0.5) is 0 Å². The Balaban J connectivity index is 4.25. The highest BCUT2D eigenvalue weighted by Crippen LogP contribution is 2.03. The molecule has 0 spiro atoms. The van der Waals surface area contributed by atoms with Gasteiger partial charge in [0, 0.05) is 19.2 Å². The third-order valence-corrected chi connectivity index (χ3v) is 2.27. The van der Waals surface area contributed by atoms with Gasteiger partial charge in [-0.3, -0.25) is 4.79 Å². The normalized spacial score (nSPS) is 13.0. The van der Waals surface area contributed by atoms with Crippen molar-refractivity contribution in [2.75, 3.05) is 20.2 Å². The molecule has 2 N–H and O–H groups in total. The Hall–Kier alpha value is -0.610. The molecule has 0 aromatic rings. The smallest absolute Gasteiger partial charge is 0.239 e. The van der Waals surface area contributed by atoms with E-state index < -0.39 is 0 Å². The SMILES string of the molecule is CNC(C)C(=O)N(CCCO)C(C)C. The lowest BCUT2D eigenvalue weighted by molar-refractivity contribution is -0.134. The molecule has 1 atom stereocenters. The van der Waals surface area contributed by atoms with Crippen molar-refractivity contribution in [2.24, 2.45) is 0 Å². The van der Waals surface area contributed by atoms with Crippen molar-refractivity contribution in [3.63, 3.8) is 0 Å². The van der Waals surface area contributed by atoms with Crippen LogP contribution in [0.25, 0.3) is 0 Å². The number of nitrogens with one attached hydrogen (secondary N) is 1. The molecule has 84 valence electrons. The Morgan fingerprint density at radius 1 is 1.43 bits per heavy atom. The van der Waals surface area contributed by atoms with E-state index in [2.05, 4.69) is 5.32 Å². The van der Waals surface area contributed by atoms with Crippen molar-refractivity contribution in [1.29, 1.82) is 0 Å². The number of aliphatic hydroxyl groups excluding tert-OH is 1. The Morgan fingerprint density at radius 3 is 2.36 bits per heavy atom. The first-order valence-corrected chi connectivity index (χ1v) is 5.13. The van der Waals surface area contributed by atoms with Gasteiger partial charge in [-0.1, -0.05) is 0 Å². The van der Waals surface area contributed by atoms with Gasteiger partial charge in [0.25, 0.3) is 0 Å². The monoisotopic (exact) mass is 202 g/mol. The van der Waals surface area contributed by atoms with E-state index in [1.165, 1.54) is 0 Å². The number of carbonyl (C=O) groups excluding carboxylic acids is 1. The van der Waals surface area contributed by atoms with Crippen LogP contribution in [0, 0.1) is 0 Å². The van der Waals surface area contributed by atoms with Gasteiger partial charge < -0.3 is 15.3 Å². The molecule has 0 aromatic carbocycles. The van der Waals surface area contributed by atoms with Crippen molar-refractivity contribution < 1.29 is 9.90 Å². The molecule has 0 fully saturated rings. The highest BCUT2D eigenvalue weighted by molar-refractivity contribution is 5.81. The first-order chi connectivity index (χ1) is 6.54. The fourth-order valence-electron chi connectivity index (χ4n) is 1.24. The van der Waals surface area contributed by atoms with Crippen molar-refractivity contribution in [2.45, 2.75) is 39.3 Å². The average molecular weight is 202 g/mol. The van der Waals surface area contributed by atoms with Gasteiger partial charge in [-0.15, -0.1) is 0 Å². The van der Waals surface area contributed by atoms with E-state index >= 15 is 0 Å². The zero-order valence-corrected chi connectivity index (χ0v) is 9.58. The quantitative estimate of drug-likeness (QED) is 0.647. The standard InChI is InChI=1S/C10H22N2O2/c1-8(2)12(6-5-7-13)10(14)9(3)11-4/h8-9,11,13H,5-7H2,1-4H3. The number of carbonyl (C=O) groups is 1. The van der Waals surface area contributed by atoms with E-state index in [4.69, 9.17) is 5.11 Å². The van der Waals surface area contributed by atoms with Gasteiger partial charge >= 0.3 is 0 Å². The maximum Gasteiger partial charge on any atom is 0.239 e. The molecule has 14 heavy (non-hydrogen) atoms. The summed E-state index contributed by atoms with van der Waals surface area (Å²) in [5, 5.41) is 11.6. The second-order valence-electron chi connectivity index (χ2n) is 3.71. The number of hydrogen-bond acceptors (Lipinski definition) is 3. The summed E-state index contributed by atoms with van der Waals surface area (Å²) in [6.45, 7) is 6.56. The molecule has 0 rings (SSSR count). The molecule has 0 aliphatic rings. The summed E-state index contributed by atoms with van der Waals surface area (Å²) in [6.07, 6.45) is 0.639. The van der Waals surface area contributed by atoms with Crippen LogP contribution in [0.3, 0.4) is 0 Å². The van der Waals surface area contributed by atoms with Gasteiger partial charge in [-0.2, -0.15) is 0 Å². The van der Waals surface area contributed by atoms with Crippen LogP contribution in [0.5, 0.6) is 0 Å². The van der Waals surface area contributed by atoms with E-state index in [0.29, 0.717) is 13.0 Å². The Morgan fingerprint density at radius 2 is 2.00 bits per heavy atom. The lowest BCUT2D eigenvalue weighted by Crippen LogP contribution is -2.47. The highest BCUT2D eigenvalue weighted by Gasteiger charge is 2.20. The molecule has 0 aromatic heterocycles. The van der Waals surface area contributed by atoms with Crippen molar-refractivity contribution in [3.05, 3.63) is 0 Å².